The van der Waals surface area contributed by atoms with Gasteiger partial charge in [0.1, 0.15) is 11.5 Å². The number of thioether (sulfide) groups is 1. The summed E-state index contributed by atoms with van der Waals surface area (Å²) in [5.74, 6) is 3.02. The van der Waals surface area contributed by atoms with Gasteiger partial charge < -0.3 is 14.8 Å². The van der Waals surface area contributed by atoms with Gasteiger partial charge in [-0.1, -0.05) is 0 Å². The molecule has 18 heavy (non-hydrogen) atoms. The van der Waals surface area contributed by atoms with Crippen LogP contribution in [0.3, 0.4) is 0 Å². The Balaban J connectivity index is 1.87. The lowest BCUT2D eigenvalue weighted by Crippen LogP contribution is -2.22. The highest BCUT2D eigenvalue weighted by Crippen LogP contribution is 2.26. The minimum atomic E-state index is 0.789. The predicted molar refractivity (Wildman–Crippen MR) is 76.7 cm³/mol. The van der Waals surface area contributed by atoms with Gasteiger partial charge >= 0.3 is 0 Å². The molecule has 1 saturated heterocycles. The maximum Gasteiger partial charge on any atom is 0.122 e. The highest BCUT2D eigenvalue weighted by atomic mass is 32.2. The summed E-state index contributed by atoms with van der Waals surface area (Å²) in [4.78, 5) is 0. The quantitative estimate of drug-likeness (QED) is 0.858. The molecular formula is C14H21NO2S. The first kappa shape index (κ1) is 13.6. The zero-order valence-corrected chi connectivity index (χ0v) is 11.9. The monoisotopic (exact) mass is 267 g/mol. The Kier molecular flexibility index (Phi) is 5.20. The molecule has 1 atom stereocenters. The Bertz CT molecular complexity index is 356. The van der Waals surface area contributed by atoms with E-state index in [9.17, 15) is 0 Å². The molecule has 0 aromatic heterocycles. The van der Waals surface area contributed by atoms with Gasteiger partial charge in [0.25, 0.3) is 0 Å². The minimum Gasteiger partial charge on any atom is -0.497 e. The fourth-order valence-electron chi connectivity index (χ4n) is 2.15. The molecule has 3 nitrogen and oxygen atoms in total. The van der Waals surface area contributed by atoms with Crippen molar-refractivity contribution < 1.29 is 9.47 Å². The summed E-state index contributed by atoms with van der Waals surface area (Å²) in [7, 11) is 3.36. The van der Waals surface area contributed by atoms with Gasteiger partial charge in [0.2, 0.25) is 0 Å². The number of hydrogen-bond donors (Lipinski definition) is 1. The maximum atomic E-state index is 5.27. The normalized spacial score (nSPS) is 18.9. The van der Waals surface area contributed by atoms with Crippen molar-refractivity contribution in [2.24, 2.45) is 0 Å². The third-order valence-corrected chi connectivity index (χ3v) is 4.53. The van der Waals surface area contributed by atoms with Gasteiger partial charge in [-0.2, -0.15) is 11.8 Å². The number of rotatable bonds is 6. The number of ether oxygens (including phenoxy) is 2. The molecule has 0 spiro atoms. The van der Waals surface area contributed by atoms with Crippen molar-refractivity contribution >= 4 is 11.8 Å². The fourth-order valence-corrected chi connectivity index (χ4v) is 3.39. The van der Waals surface area contributed by atoms with E-state index in [0.29, 0.717) is 0 Å². The molecule has 0 aliphatic carbocycles. The molecule has 1 aliphatic rings. The molecule has 1 aliphatic heterocycles. The lowest BCUT2D eigenvalue weighted by atomic mass is 10.2. The average molecular weight is 267 g/mol. The van der Waals surface area contributed by atoms with Gasteiger partial charge in [-0.25, -0.2) is 0 Å². The summed E-state index contributed by atoms with van der Waals surface area (Å²) in [5.41, 5.74) is 1.20. The van der Waals surface area contributed by atoms with E-state index in [0.717, 1.165) is 29.8 Å². The topological polar surface area (TPSA) is 30.5 Å². The molecule has 0 amide bonds. The Morgan fingerprint density at radius 2 is 1.94 bits per heavy atom. The van der Waals surface area contributed by atoms with Crippen LogP contribution in [0.15, 0.2) is 18.2 Å². The first-order valence-corrected chi connectivity index (χ1v) is 7.41. The van der Waals surface area contributed by atoms with Crippen molar-refractivity contribution in [2.75, 3.05) is 26.5 Å². The molecule has 1 aromatic rings. The Labute approximate surface area is 113 Å². The van der Waals surface area contributed by atoms with E-state index in [1.165, 1.54) is 24.2 Å². The first-order chi connectivity index (χ1) is 8.81. The molecule has 1 heterocycles. The van der Waals surface area contributed by atoms with E-state index in [2.05, 4.69) is 29.2 Å². The summed E-state index contributed by atoms with van der Waals surface area (Å²) >= 11 is 2.08. The average Bonchev–Trinajstić information content (AvgIpc) is 2.91. The van der Waals surface area contributed by atoms with Crippen LogP contribution in [0.5, 0.6) is 11.5 Å². The number of methoxy groups -OCH3 is 2. The van der Waals surface area contributed by atoms with Crippen molar-refractivity contribution in [2.45, 2.75) is 24.6 Å². The third-order valence-electron chi connectivity index (χ3n) is 3.14. The zero-order chi connectivity index (χ0) is 12.8. The number of nitrogens with one attached hydrogen (secondary N) is 1. The van der Waals surface area contributed by atoms with E-state index >= 15 is 0 Å². The molecule has 1 N–H and O–H groups in total. The van der Waals surface area contributed by atoms with E-state index in [4.69, 9.17) is 9.47 Å². The van der Waals surface area contributed by atoms with Crippen LogP contribution in [0.1, 0.15) is 18.4 Å². The molecule has 2 rings (SSSR count). The molecule has 1 aromatic carbocycles. The van der Waals surface area contributed by atoms with Gasteiger partial charge in [0.15, 0.2) is 0 Å². The van der Waals surface area contributed by atoms with Crippen LogP contribution in [0.2, 0.25) is 0 Å². The van der Waals surface area contributed by atoms with E-state index < -0.39 is 0 Å². The predicted octanol–water partition coefficient (Wildman–Crippen LogP) is 2.69. The third kappa shape index (κ3) is 3.82. The highest BCUT2D eigenvalue weighted by Gasteiger charge is 2.14. The molecule has 0 radical (unpaired) electrons. The molecule has 1 fully saturated rings. The molecule has 0 saturated carbocycles. The maximum absolute atomic E-state index is 5.27. The van der Waals surface area contributed by atoms with Gasteiger partial charge in [0, 0.05) is 24.4 Å². The smallest absolute Gasteiger partial charge is 0.122 e. The van der Waals surface area contributed by atoms with Crippen molar-refractivity contribution in [3.63, 3.8) is 0 Å². The van der Waals surface area contributed by atoms with E-state index in [1.54, 1.807) is 14.2 Å². The molecule has 0 unspecified atom stereocenters. The standard InChI is InChI=1S/C14H21NO2S/c1-16-12-6-11(7-13(8-12)17-2)9-15-10-14-4-3-5-18-14/h6-8,14-15H,3-5,9-10H2,1-2H3/t14-/m0/s1. The van der Waals surface area contributed by atoms with Crippen LogP contribution in [0, 0.1) is 0 Å². The largest absolute Gasteiger partial charge is 0.497 e. The van der Waals surface area contributed by atoms with E-state index in [-0.39, 0.29) is 0 Å². The first-order valence-electron chi connectivity index (χ1n) is 6.36. The van der Waals surface area contributed by atoms with Crippen LogP contribution in [-0.2, 0) is 6.54 Å². The van der Waals surface area contributed by atoms with Gasteiger partial charge in [-0.15, -0.1) is 0 Å². The lowest BCUT2D eigenvalue weighted by molar-refractivity contribution is 0.393. The van der Waals surface area contributed by atoms with Crippen LogP contribution < -0.4 is 14.8 Å². The molecule has 100 valence electrons. The summed E-state index contributed by atoms with van der Waals surface area (Å²) in [6, 6.07) is 6.00. The van der Waals surface area contributed by atoms with Crippen molar-refractivity contribution in [1.82, 2.24) is 5.32 Å². The van der Waals surface area contributed by atoms with Gasteiger partial charge in [-0.3, -0.25) is 0 Å². The molecule has 4 heteroatoms. The SMILES string of the molecule is COc1cc(CNC[C@@H]2CCCS2)cc(OC)c1. The minimum absolute atomic E-state index is 0.789. The van der Waals surface area contributed by atoms with Crippen molar-refractivity contribution in [3.8, 4) is 11.5 Å². The van der Waals surface area contributed by atoms with Crippen LogP contribution in [0.25, 0.3) is 0 Å². The summed E-state index contributed by atoms with van der Waals surface area (Å²) < 4.78 is 10.5. The van der Waals surface area contributed by atoms with Crippen LogP contribution >= 0.6 is 11.8 Å². The summed E-state index contributed by atoms with van der Waals surface area (Å²) in [6.45, 7) is 1.95. The fraction of sp³-hybridized carbons (Fsp3) is 0.571. The second kappa shape index (κ2) is 6.90. The van der Waals surface area contributed by atoms with Crippen LogP contribution in [-0.4, -0.2) is 31.8 Å². The highest BCUT2D eigenvalue weighted by molar-refractivity contribution is 8.00. The van der Waals surface area contributed by atoms with Gasteiger partial charge in [0.05, 0.1) is 14.2 Å². The van der Waals surface area contributed by atoms with Crippen LogP contribution in [0.4, 0.5) is 0 Å². The second-order valence-corrected chi connectivity index (χ2v) is 5.90. The lowest BCUT2D eigenvalue weighted by Gasteiger charge is -2.12. The van der Waals surface area contributed by atoms with Crippen molar-refractivity contribution in [1.29, 1.82) is 0 Å². The summed E-state index contributed by atoms with van der Waals surface area (Å²) in [5, 5.41) is 4.30. The molecular weight excluding hydrogens is 246 g/mol. The second-order valence-electron chi connectivity index (χ2n) is 4.49. The zero-order valence-electron chi connectivity index (χ0n) is 11.1. The number of hydrogen-bond acceptors (Lipinski definition) is 4. The Morgan fingerprint density at radius 3 is 2.50 bits per heavy atom. The molecule has 0 bridgehead atoms. The number of benzene rings is 1. The summed E-state index contributed by atoms with van der Waals surface area (Å²) in [6.07, 6.45) is 2.71. The van der Waals surface area contributed by atoms with Gasteiger partial charge in [-0.05, 0) is 36.3 Å². The Morgan fingerprint density at radius 1 is 1.22 bits per heavy atom. The van der Waals surface area contributed by atoms with E-state index in [1.807, 2.05) is 6.07 Å². The Hall–Kier alpha value is -0.870. The van der Waals surface area contributed by atoms with Crippen molar-refractivity contribution in [3.05, 3.63) is 23.8 Å².